The molecule has 2 N–H and O–H groups in total. The van der Waals surface area contributed by atoms with Crippen LogP contribution in [-0.4, -0.2) is 17.3 Å². The molecule has 0 radical (unpaired) electrons. The Morgan fingerprint density at radius 1 is 0.415 bits per heavy atom. The second-order valence-corrected chi connectivity index (χ2v) is 10.0. The molecule has 6 aromatic rings. The minimum Gasteiger partial charge on any atom is -0.508 e. The Bertz CT molecular complexity index is 1690. The number of phenolic OH excluding ortho intramolecular Hbond substituents is 2. The van der Waals surface area contributed by atoms with Crippen LogP contribution in [0.15, 0.2) is 146 Å². The van der Waals surface area contributed by atoms with E-state index in [4.69, 9.17) is 4.74 Å². The Balaban J connectivity index is 1.62. The van der Waals surface area contributed by atoms with Crippen LogP contribution in [0, 0.1) is 0 Å². The van der Waals surface area contributed by atoms with Crippen LogP contribution in [-0.2, 0) is 0 Å². The molecule has 0 saturated carbocycles. The summed E-state index contributed by atoms with van der Waals surface area (Å²) in [7, 11) is 1.65. The van der Waals surface area contributed by atoms with Gasteiger partial charge in [0.2, 0.25) is 0 Å². The van der Waals surface area contributed by atoms with Crippen molar-refractivity contribution in [3.05, 3.63) is 162 Å². The molecule has 0 bridgehead atoms. The molecule has 0 unspecified atom stereocenters. The molecule has 0 aliphatic heterocycles. The predicted octanol–water partition coefficient (Wildman–Crippen LogP) is 9.29. The molecule has 3 heteroatoms. The van der Waals surface area contributed by atoms with Crippen LogP contribution < -0.4 is 4.74 Å². The van der Waals surface area contributed by atoms with Crippen LogP contribution >= 0.6 is 0 Å². The largest absolute Gasteiger partial charge is 0.508 e. The minimum atomic E-state index is -0.527. The van der Waals surface area contributed by atoms with Gasteiger partial charge < -0.3 is 14.9 Å². The number of hydrogen-bond donors (Lipinski definition) is 2. The van der Waals surface area contributed by atoms with Crippen molar-refractivity contribution in [1.29, 1.82) is 0 Å². The van der Waals surface area contributed by atoms with Gasteiger partial charge in [-0.3, -0.25) is 0 Å². The third-order valence-corrected chi connectivity index (χ3v) is 7.54. The van der Waals surface area contributed by atoms with Crippen molar-refractivity contribution >= 4 is 0 Å². The van der Waals surface area contributed by atoms with Crippen molar-refractivity contribution in [3.63, 3.8) is 0 Å². The number of methoxy groups -OCH3 is 1. The quantitative estimate of drug-likeness (QED) is 0.201. The number of hydrogen-bond acceptors (Lipinski definition) is 3. The molecule has 0 aliphatic carbocycles. The van der Waals surface area contributed by atoms with Crippen LogP contribution in [0.5, 0.6) is 17.2 Å². The lowest BCUT2D eigenvalue weighted by molar-refractivity contribution is 0.407. The normalized spacial score (nSPS) is 11.0. The standard InChI is InChI=1S/C38H30O3/c1-41-37-22-19-31(28-15-9-4-10-16-28)25-34(37)38(32-23-29(17-20-35(32)39)26-11-5-2-6-12-26)33-24-30(18-21-36(33)40)27-13-7-3-8-14-27/h2-25,38-40H,1H3. The van der Waals surface area contributed by atoms with Gasteiger partial charge in [0.1, 0.15) is 17.2 Å². The molecule has 0 amide bonds. The SMILES string of the molecule is COc1ccc(-c2ccccc2)cc1C(c1cc(-c2ccccc2)ccc1O)c1cc(-c2ccccc2)ccc1O. The molecule has 0 heterocycles. The van der Waals surface area contributed by atoms with E-state index in [1.807, 2.05) is 91.0 Å². The molecular formula is C38H30O3. The summed E-state index contributed by atoms with van der Waals surface area (Å²) in [6.07, 6.45) is 0. The number of phenols is 2. The van der Waals surface area contributed by atoms with Crippen molar-refractivity contribution in [2.24, 2.45) is 0 Å². The Morgan fingerprint density at radius 2 is 0.780 bits per heavy atom. The fourth-order valence-electron chi connectivity index (χ4n) is 5.46. The number of rotatable bonds is 7. The zero-order valence-electron chi connectivity index (χ0n) is 22.7. The Kier molecular flexibility index (Phi) is 7.25. The molecule has 6 rings (SSSR count). The van der Waals surface area contributed by atoms with Crippen LogP contribution in [0.25, 0.3) is 33.4 Å². The van der Waals surface area contributed by atoms with E-state index in [0.717, 1.165) is 38.9 Å². The lowest BCUT2D eigenvalue weighted by Crippen LogP contribution is -2.07. The Labute approximate surface area is 240 Å². The summed E-state index contributed by atoms with van der Waals surface area (Å²) in [5.74, 6) is 0.433. The fourth-order valence-corrected chi connectivity index (χ4v) is 5.46. The third kappa shape index (κ3) is 5.30. The summed E-state index contributed by atoms with van der Waals surface area (Å²) >= 11 is 0. The predicted molar refractivity (Wildman–Crippen MR) is 166 cm³/mol. The zero-order chi connectivity index (χ0) is 28.2. The van der Waals surface area contributed by atoms with Crippen molar-refractivity contribution < 1.29 is 14.9 Å². The highest BCUT2D eigenvalue weighted by molar-refractivity contribution is 5.73. The summed E-state index contributed by atoms with van der Waals surface area (Å²) in [5.41, 5.74) is 8.31. The van der Waals surface area contributed by atoms with Gasteiger partial charge in [0.15, 0.2) is 0 Å². The van der Waals surface area contributed by atoms with Gasteiger partial charge >= 0.3 is 0 Å². The molecule has 6 aromatic carbocycles. The van der Waals surface area contributed by atoms with E-state index >= 15 is 0 Å². The molecule has 0 saturated heterocycles. The van der Waals surface area contributed by atoms with Gasteiger partial charge in [-0.05, 0) is 69.8 Å². The summed E-state index contributed by atoms with van der Waals surface area (Å²) in [6.45, 7) is 0. The minimum absolute atomic E-state index is 0.145. The van der Waals surface area contributed by atoms with Gasteiger partial charge in [-0.2, -0.15) is 0 Å². The van der Waals surface area contributed by atoms with Crippen molar-refractivity contribution in [3.8, 4) is 50.6 Å². The average molecular weight is 535 g/mol. The van der Waals surface area contributed by atoms with E-state index in [-0.39, 0.29) is 11.5 Å². The van der Waals surface area contributed by atoms with Crippen molar-refractivity contribution in [2.75, 3.05) is 7.11 Å². The fraction of sp³-hybridized carbons (Fsp3) is 0.0526. The number of aromatic hydroxyl groups is 2. The third-order valence-electron chi connectivity index (χ3n) is 7.54. The topological polar surface area (TPSA) is 49.7 Å². The van der Waals surface area contributed by atoms with Gasteiger partial charge in [0.25, 0.3) is 0 Å². The van der Waals surface area contributed by atoms with Crippen LogP contribution in [0.2, 0.25) is 0 Å². The highest BCUT2D eigenvalue weighted by atomic mass is 16.5. The molecular weight excluding hydrogens is 504 g/mol. The van der Waals surface area contributed by atoms with Gasteiger partial charge in [-0.25, -0.2) is 0 Å². The van der Waals surface area contributed by atoms with Crippen LogP contribution in [0.4, 0.5) is 0 Å². The molecule has 0 spiro atoms. The molecule has 3 nitrogen and oxygen atoms in total. The molecule has 0 fully saturated rings. The van der Waals surface area contributed by atoms with Gasteiger partial charge in [-0.15, -0.1) is 0 Å². The molecule has 0 atom stereocenters. The first-order chi connectivity index (χ1) is 20.1. The maximum absolute atomic E-state index is 11.4. The van der Waals surface area contributed by atoms with E-state index in [0.29, 0.717) is 16.9 Å². The monoisotopic (exact) mass is 534 g/mol. The second kappa shape index (κ2) is 11.4. The summed E-state index contributed by atoms with van der Waals surface area (Å²) in [4.78, 5) is 0. The number of ether oxygens (including phenoxy) is 1. The van der Waals surface area contributed by atoms with E-state index in [2.05, 4.69) is 42.5 Å². The Morgan fingerprint density at radius 3 is 1.17 bits per heavy atom. The van der Waals surface area contributed by atoms with Gasteiger partial charge in [0.05, 0.1) is 7.11 Å². The molecule has 0 aromatic heterocycles. The van der Waals surface area contributed by atoms with Gasteiger partial charge in [-0.1, -0.05) is 109 Å². The lowest BCUT2D eigenvalue weighted by Gasteiger charge is -2.25. The van der Waals surface area contributed by atoms with Crippen molar-refractivity contribution in [1.82, 2.24) is 0 Å². The first kappa shape index (κ1) is 26.0. The number of benzene rings is 6. The van der Waals surface area contributed by atoms with E-state index in [1.54, 1.807) is 19.2 Å². The van der Waals surface area contributed by atoms with Crippen molar-refractivity contribution in [2.45, 2.75) is 5.92 Å². The zero-order valence-corrected chi connectivity index (χ0v) is 22.7. The first-order valence-electron chi connectivity index (χ1n) is 13.6. The second-order valence-electron chi connectivity index (χ2n) is 10.0. The molecule has 0 aliphatic rings. The summed E-state index contributed by atoms with van der Waals surface area (Å²) in [6, 6.07) is 47.8. The molecule has 41 heavy (non-hydrogen) atoms. The van der Waals surface area contributed by atoms with E-state index in [1.165, 1.54) is 0 Å². The average Bonchev–Trinajstić information content (AvgIpc) is 3.04. The Hall–Kier alpha value is -5.28. The summed E-state index contributed by atoms with van der Waals surface area (Å²) < 4.78 is 5.91. The summed E-state index contributed by atoms with van der Waals surface area (Å²) in [5, 5.41) is 22.8. The van der Waals surface area contributed by atoms with Crippen LogP contribution in [0.1, 0.15) is 22.6 Å². The lowest BCUT2D eigenvalue weighted by atomic mass is 9.80. The van der Waals surface area contributed by atoms with E-state index in [9.17, 15) is 10.2 Å². The maximum atomic E-state index is 11.4. The van der Waals surface area contributed by atoms with Gasteiger partial charge in [0, 0.05) is 22.6 Å². The maximum Gasteiger partial charge on any atom is 0.123 e. The molecule has 200 valence electrons. The van der Waals surface area contributed by atoms with E-state index < -0.39 is 5.92 Å². The highest BCUT2D eigenvalue weighted by Gasteiger charge is 2.27. The highest BCUT2D eigenvalue weighted by Crippen LogP contribution is 2.46. The smallest absolute Gasteiger partial charge is 0.123 e. The first-order valence-corrected chi connectivity index (χ1v) is 13.6. The van der Waals surface area contributed by atoms with Crippen LogP contribution in [0.3, 0.4) is 0 Å².